The maximum Gasteiger partial charge on any atom is 0.312 e. The molecule has 1 fully saturated rings. The lowest BCUT2D eigenvalue weighted by Gasteiger charge is -2.30. The molecule has 1 unspecified atom stereocenters. The highest BCUT2D eigenvalue weighted by molar-refractivity contribution is 5.76. The molecule has 0 bridgehead atoms. The normalized spacial score (nSPS) is 23.9. The number of rotatable bonds is 3. The summed E-state index contributed by atoms with van der Waals surface area (Å²) in [6.07, 6.45) is 2.50. The predicted molar refractivity (Wildman–Crippen MR) is 56.1 cm³/mol. The molecule has 0 aliphatic carbocycles. The largest absolute Gasteiger partial charge is 0.469 e. The van der Waals surface area contributed by atoms with Gasteiger partial charge in [0.15, 0.2) is 0 Å². The van der Waals surface area contributed by atoms with Crippen molar-refractivity contribution in [2.24, 2.45) is 5.41 Å². The van der Waals surface area contributed by atoms with E-state index in [4.69, 9.17) is 4.74 Å². The Morgan fingerprint density at radius 2 is 2.21 bits per heavy atom. The van der Waals surface area contributed by atoms with Crippen LogP contribution < -0.4 is 0 Å². The number of hydrogen-bond donors (Lipinski definition) is 0. The van der Waals surface area contributed by atoms with E-state index in [0.29, 0.717) is 6.04 Å². The van der Waals surface area contributed by atoms with Gasteiger partial charge in [0.25, 0.3) is 0 Å². The highest BCUT2D eigenvalue weighted by Gasteiger charge is 2.33. The molecular weight excluding hydrogens is 178 g/mol. The van der Waals surface area contributed by atoms with Crippen molar-refractivity contribution in [3.8, 4) is 0 Å². The first kappa shape index (κ1) is 11.5. The van der Waals surface area contributed by atoms with E-state index >= 15 is 0 Å². The minimum Gasteiger partial charge on any atom is -0.469 e. The van der Waals surface area contributed by atoms with E-state index < -0.39 is 0 Å². The van der Waals surface area contributed by atoms with Crippen LogP contribution in [0.4, 0.5) is 0 Å². The van der Waals surface area contributed by atoms with Gasteiger partial charge in [-0.25, -0.2) is 0 Å². The Morgan fingerprint density at radius 3 is 2.64 bits per heavy atom. The molecule has 1 saturated heterocycles. The van der Waals surface area contributed by atoms with E-state index in [9.17, 15) is 4.79 Å². The highest BCUT2D eigenvalue weighted by atomic mass is 16.5. The van der Waals surface area contributed by atoms with Gasteiger partial charge in [0.1, 0.15) is 0 Å². The molecule has 0 saturated carbocycles. The molecule has 1 aliphatic rings. The van der Waals surface area contributed by atoms with Crippen molar-refractivity contribution in [1.29, 1.82) is 0 Å². The zero-order chi connectivity index (χ0) is 10.8. The van der Waals surface area contributed by atoms with Crippen LogP contribution in [0.25, 0.3) is 0 Å². The molecule has 0 N–H and O–H groups in total. The maximum atomic E-state index is 11.5. The first-order valence-electron chi connectivity index (χ1n) is 5.30. The third-order valence-electron chi connectivity index (χ3n) is 3.03. The Bertz CT molecular complexity index is 213. The number of hydrogen-bond acceptors (Lipinski definition) is 3. The van der Waals surface area contributed by atoms with Gasteiger partial charge in [-0.05, 0) is 40.2 Å². The monoisotopic (exact) mass is 199 g/mol. The second kappa shape index (κ2) is 4.30. The maximum absolute atomic E-state index is 11.5. The lowest BCUT2D eigenvalue weighted by Crippen LogP contribution is -2.41. The zero-order valence-electron chi connectivity index (χ0n) is 9.67. The Balaban J connectivity index is 2.53. The first-order chi connectivity index (χ1) is 6.47. The van der Waals surface area contributed by atoms with Gasteiger partial charge in [0.05, 0.1) is 12.5 Å². The summed E-state index contributed by atoms with van der Waals surface area (Å²) in [5.41, 5.74) is -0.382. The van der Waals surface area contributed by atoms with E-state index in [2.05, 4.69) is 11.8 Å². The summed E-state index contributed by atoms with van der Waals surface area (Å²) in [7, 11) is 1.46. The van der Waals surface area contributed by atoms with Gasteiger partial charge in [-0.15, -0.1) is 0 Å². The molecule has 0 aromatic carbocycles. The van der Waals surface area contributed by atoms with Crippen LogP contribution in [0.5, 0.6) is 0 Å². The van der Waals surface area contributed by atoms with Gasteiger partial charge in [-0.3, -0.25) is 9.69 Å². The zero-order valence-corrected chi connectivity index (χ0v) is 9.67. The average Bonchev–Trinajstić information content (AvgIpc) is 2.50. The minimum atomic E-state index is -0.382. The fourth-order valence-corrected chi connectivity index (χ4v) is 2.08. The van der Waals surface area contributed by atoms with Gasteiger partial charge in [0, 0.05) is 12.6 Å². The van der Waals surface area contributed by atoms with E-state index in [1.165, 1.54) is 20.0 Å². The number of carbonyl (C=O) groups excluding carboxylic acids is 1. The molecule has 0 radical (unpaired) electrons. The van der Waals surface area contributed by atoms with Gasteiger partial charge in [-0.2, -0.15) is 0 Å². The third-order valence-corrected chi connectivity index (χ3v) is 3.03. The van der Waals surface area contributed by atoms with Crippen LogP contribution in [0.2, 0.25) is 0 Å². The summed E-state index contributed by atoms with van der Waals surface area (Å²) < 4.78 is 4.79. The number of carbonyl (C=O) groups is 1. The van der Waals surface area contributed by atoms with Crippen molar-refractivity contribution in [1.82, 2.24) is 4.90 Å². The molecule has 3 heteroatoms. The number of esters is 1. The van der Waals surface area contributed by atoms with Crippen LogP contribution in [-0.4, -0.2) is 37.1 Å². The summed E-state index contributed by atoms with van der Waals surface area (Å²) >= 11 is 0. The standard InChI is InChI=1S/C11H21NO2/c1-9-6-5-7-12(9)8-11(2,3)10(13)14-4/h9H,5-8H2,1-4H3. The fourth-order valence-electron chi connectivity index (χ4n) is 2.08. The molecule has 3 nitrogen and oxygen atoms in total. The Labute approximate surface area is 86.4 Å². The molecule has 0 aromatic rings. The van der Waals surface area contributed by atoms with E-state index in [0.717, 1.165) is 13.1 Å². The van der Waals surface area contributed by atoms with E-state index in [1.54, 1.807) is 0 Å². The molecule has 82 valence electrons. The van der Waals surface area contributed by atoms with Crippen LogP contribution in [0, 0.1) is 5.41 Å². The number of nitrogens with zero attached hydrogens (tertiary/aromatic N) is 1. The van der Waals surface area contributed by atoms with Gasteiger partial charge >= 0.3 is 5.97 Å². The van der Waals surface area contributed by atoms with Crippen molar-refractivity contribution in [2.45, 2.75) is 39.7 Å². The fraction of sp³-hybridized carbons (Fsp3) is 0.909. The van der Waals surface area contributed by atoms with E-state index in [-0.39, 0.29) is 11.4 Å². The third kappa shape index (κ3) is 2.47. The lowest BCUT2D eigenvalue weighted by atomic mass is 9.93. The number of likely N-dealkylation sites (tertiary alicyclic amines) is 1. The smallest absolute Gasteiger partial charge is 0.312 e. The number of ether oxygens (including phenoxy) is 1. The van der Waals surface area contributed by atoms with Crippen LogP contribution in [0.1, 0.15) is 33.6 Å². The van der Waals surface area contributed by atoms with Crippen molar-refractivity contribution >= 4 is 5.97 Å². The predicted octanol–water partition coefficient (Wildman–Crippen LogP) is 1.67. The van der Waals surface area contributed by atoms with Gasteiger partial charge in [-0.1, -0.05) is 0 Å². The van der Waals surface area contributed by atoms with Gasteiger partial charge < -0.3 is 4.74 Å². The summed E-state index contributed by atoms with van der Waals surface area (Å²) in [6.45, 7) is 8.04. The number of methoxy groups -OCH3 is 1. The molecule has 1 rings (SSSR count). The molecule has 14 heavy (non-hydrogen) atoms. The Hall–Kier alpha value is -0.570. The minimum absolute atomic E-state index is 0.114. The molecule has 0 aromatic heterocycles. The summed E-state index contributed by atoms with van der Waals surface area (Å²) in [4.78, 5) is 13.9. The molecule has 0 amide bonds. The summed E-state index contributed by atoms with van der Waals surface area (Å²) in [5, 5.41) is 0. The van der Waals surface area contributed by atoms with Crippen molar-refractivity contribution in [3.63, 3.8) is 0 Å². The van der Waals surface area contributed by atoms with Gasteiger partial charge in [0.2, 0.25) is 0 Å². The van der Waals surface area contributed by atoms with Crippen LogP contribution >= 0.6 is 0 Å². The molecule has 1 aliphatic heterocycles. The Kier molecular flexibility index (Phi) is 3.53. The van der Waals surface area contributed by atoms with Crippen molar-refractivity contribution in [3.05, 3.63) is 0 Å². The Morgan fingerprint density at radius 1 is 1.57 bits per heavy atom. The molecule has 1 atom stereocenters. The van der Waals surface area contributed by atoms with Crippen LogP contribution in [0.15, 0.2) is 0 Å². The van der Waals surface area contributed by atoms with E-state index in [1.807, 2.05) is 13.8 Å². The topological polar surface area (TPSA) is 29.5 Å². The molecular formula is C11H21NO2. The SMILES string of the molecule is COC(=O)C(C)(C)CN1CCCC1C. The molecule has 1 heterocycles. The lowest BCUT2D eigenvalue weighted by molar-refractivity contribution is -0.151. The van der Waals surface area contributed by atoms with Crippen molar-refractivity contribution < 1.29 is 9.53 Å². The summed E-state index contributed by atoms with van der Waals surface area (Å²) in [5.74, 6) is -0.114. The molecule has 0 spiro atoms. The summed E-state index contributed by atoms with van der Waals surface area (Å²) in [6, 6.07) is 0.610. The average molecular weight is 199 g/mol. The van der Waals surface area contributed by atoms with Crippen molar-refractivity contribution in [2.75, 3.05) is 20.2 Å². The highest BCUT2D eigenvalue weighted by Crippen LogP contribution is 2.24. The quantitative estimate of drug-likeness (QED) is 0.648. The second-order valence-corrected chi connectivity index (χ2v) is 4.84. The van der Waals surface area contributed by atoms with Crippen LogP contribution in [-0.2, 0) is 9.53 Å². The second-order valence-electron chi connectivity index (χ2n) is 4.84. The van der Waals surface area contributed by atoms with Crippen LogP contribution in [0.3, 0.4) is 0 Å². The first-order valence-corrected chi connectivity index (χ1v) is 5.30.